The van der Waals surface area contributed by atoms with Crippen molar-refractivity contribution < 1.29 is 4.42 Å². The molecule has 8 aromatic rings. The zero-order chi connectivity index (χ0) is 37.4. The number of amidine groups is 1. The lowest BCUT2D eigenvalue weighted by Crippen LogP contribution is -2.11. The van der Waals surface area contributed by atoms with Crippen LogP contribution < -0.4 is 0 Å². The molecule has 1 aliphatic heterocycles. The summed E-state index contributed by atoms with van der Waals surface area (Å²) in [6, 6.07) is 56.3. The molecule has 0 radical (unpaired) electrons. The molecule has 2 heterocycles. The lowest BCUT2D eigenvalue weighted by atomic mass is 9.91. The molecule has 0 bridgehead atoms. The van der Waals surface area contributed by atoms with Crippen LogP contribution in [0.25, 0.3) is 60.7 Å². The zero-order valence-corrected chi connectivity index (χ0v) is 31.3. The van der Waals surface area contributed by atoms with Crippen molar-refractivity contribution in [1.29, 1.82) is 0 Å². The lowest BCUT2D eigenvalue weighted by molar-refractivity contribution is 0.669. The smallest absolute Gasteiger partial charge is 0.160 e. The van der Waals surface area contributed by atoms with Gasteiger partial charge in [-0.25, -0.2) is 9.98 Å². The maximum Gasteiger partial charge on any atom is 0.160 e. The molecule has 2 aliphatic rings. The van der Waals surface area contributed by atoms with Crippen LogP contribution in [0.2, 0.25) is 0 Å². The fourth-order valence-electron chi connectivity index (χ4n) is 8.33. The predicted octanol–water partition coefficient (Wildman–Crippen LogP) is 14.1. The first-order chi connectivity index (χ1) is 27.7. The molecule has 1 aliphatic carbocycles. The first kappa shape index (κ1) is 33.7. The molecule has 0 fully saturated rings. The number of allylic oxidation sites excluding steroid dienone is 5. The van der Waals surface area contributed by atoms with Crippen LogP contribution in [0, 0.1) is 0 Å². The molecule has 0 amide bonds. The van der Waals surface area contributed by atoms with Gasteiger partial charge in [-0.3, -0.25) is 0 Å². The standard InChI is InChI=1S/C53H40N2O/c1-35-22-32-48(41-27-23-38(24-28-41)36-12-4-2-5-13-36)54-53(55-52(35)42-29-25-39(26-30-42)37-14-6-3-7-15-37)46-20-11-21-50-51(46)47-34-43(31-33-49(47)56-50)45-19-10-17-40-16-8-9-18-44(40)45/h2-12,14-21,23-31,33-34,36H,13,22,32H2,1H3/b52-35+,54-48+,55-53-. The quantitative estimate of drug-likeness (QED) is 0.168. The molecule has 1 unspecified atom stereocenters. The van der Waals surface area contributed by atoms with Crippen LogP contribution in [0.3, 0.4) is 0 Å². The van der Waals surface area contributed by atoms with E-state index in [0.29, 0.717) is 11.8 Å². The number of aliphatic imine (C=N–C) groups is 2. The van der Waals surface area contributed by atoms with Crippen LogP contribution in [-0.4, -0.2) is 11.5 Å². The van der Waals surface area contributed by atoms with Crippen molar-refractivity contribution in [2.24, 2.45) is 9.98 Å². The van der Waals surface area contributed by atoms with Crippen LogP contribution in [-0.2, 0) is 0 Å². The highest BCUT2D eigenvalue weighted by atomic mass is 16.3. The molecule has 0 N–H and O–H groups in total. The number of fused-ring (bicyclic) bond motifs is 4. The Labute approximate surface area is 327 Å². The van der Waals surface area contributed by atoms with Gasteiger partial charge in [0.1, 0.15) is 11.2 Å². The van der Waals surface area contributed by atoms with Gasteiger partial charge in [-0.2, -0.15) is 0 Å². The van der Waals surface area contributed by atoms with E-state index in [1.807, 2.05) is 0 Å². The molecule has 3 heteroatoms. The monoisotopic (exact) mass is 720 g/mol. The second kappa shape index (κ2) is 14.4. The minimum atomic E-state index is 0.400. The zero-order valence-electron chi connectivity index (χ0n) is 31.3. The summed E-state index contributed by atoms with van der Waals surface area (Å²) in [6.45, 7) is 2.22. The van der Waals surface area contributed by atoms with E-state index >= 15 is 0 Å². The van der Waals surface area contributed by atoms with E-state index in [2.05, 4.69) is 189 Å². The van der Waals surface area contributed by atoms with E-state index in [4.69, 9.17) is 14.4 Å². The Morgan fingerprint density at radius 3 is 2.09 bits per heavy atom. The summed E-state index contributed by atoms with van der Waals surface area (Å²) in [6.07, 6.45) is 11.5. The topological polar surface area (TPSA) is 37.9 Å². The third-order valence-electron chi connectivity index (χ3n) is 11.4. The Kier molecular flexibility index (Phi) is 8.69. The van der Waals surface area contributed by atoms with Crippen LogP contribution in [0.4, 0.5) is 0 Å². The summed E-state index contributed by atoms with van der Waals surface area (Å²) in [5, 5.41) is 4.53. The van der Waals surface area contributed by atoms with Crippen molar-refractivity contribution in [1.82, 2.24) is 0 Å². The average Bonchev–Trinajstić information content (AvgIpc) is 3.64. The Hall–Kier alpha value is -6.84. The number of rotatable bonds is 6. The molecule has 1 aromatic heterocycles. The second-order valence-electron chi connectivity index (χ2n) is 14.9. The SMILES string of the molecule is C\C1=C(c2ccc(-c3ccccc3)cc2)/N=C(c2cccc3oc4ccc(-c5cccc6ccccc56)cc4c23)\N=C(\c2ccc(C3C=CC=CC3)cc2)CC1. The van der Waals surface area contributed by atoms with Crippen molar-refractivity contribution in [3.63, 3.8) is 0 Å². The van der Waals surface area contributed by atoms with E-state index in [1.54, 1.807) is 0 Å². The molecular formula is C53H40N2O. The van der Waals surface area contributed by atoms with Crippen LogP contribution in [0.5, 0.6) is 0 Å². The molecule has 7 aromatic carbocycles. The number of benzene rings is 7. The van der Waals surface area contributed by atoms with E-state index < -0.39 is 0 Å². The van der Waals surface area contributed by atoms with Gasteiger partial charge in [-0.15, -0.1) is 0 Å². The van der Waals surface area contributed by atoms with Crippen molar-refractivity contribution >= 4 is 50.0 Å². The lowest BCUT2D eigenvalue weighted by Gasteiger charge is -2.18. The first-order valence-corrected chi connectivity index (χ1v) is 19.6. The highest BCUT2D eigenvalue weighted by Gasteiger charge is 2.21. The van der Waals surface area contributed by atoms with Crippen molar-refractivity contribution in [3.8, 4) is 22.3 Å². The Balaban J connectivity index is 1.14. The van der Waals surface area contributed by atoms with Gasteiger partial charge in [-0.1, -0.05) is 164 Å². The van der Waals surface area contributed by atoms with Gasteiger partial charge >= 0.3 is 0 Å². The molecule has 56 heavy (non-hydrogen) atoms. The fourth-order valence-corrected chi connectivity index (χ4v) is 8.33. The fraction of sp³-hybridized carbons (Fsp3) is 0.0943. The van der Waals surface area contributed by atoms with Crippen molar-refractivity contribution in [2.75, 3.05) is 0 Å². The van der Waals surface area contributed by atoms with Crippen LogP contribution in [0.15, 0.2) is 202 Å². The van der Waals surface area contributed by atoms with Crippen molar-refractivity contribution in [2.45, 2.75) is 32.1 Å². The summed E-state index contributed by atoms with van der Waals surface area (Å²) < 4.78 is 6.56. The third-order valence-corrected chi connectivity index (χ3v) is 11.4. The number of nitrogens with zero attached hydrogens (tertiary/aromatic N) is 2. The second-order valence-corrected chi connectivity index (χ2v) is 14.9. The highest BCUT2D eigenvalue weighted by Crippen LogP contribution is 2.38. The first-order valence-electron chi connectivity index (χ1n) is 19.6. The average molecular weight is 721 g/mol. The minimum Gasteiger partial charge on any atom is -0.456 e. The third kappa shape index (κ3) is 6.31. The summed E-state index contributed by atoms with van der Waals surface area (Å²) in [5.74, 6) is 1.09. The summed E-state index contributed by atoms with van der Waals surface area (Å²) in [4.78, 5) is 11.1. The largest absolute Gasteiger partial charge is 0.456 e. The maximum absolute atomic E-state index is 6.56. The van der Waals surface area contributed by atoms with Gasteiger partial charge < -0.3 is 4.42 Å². The van der Waals surface area contributed by atoms with Gasteiger partial charge in [0.15, 0.2) is 5.84 Å². The molecule has 0 saturated carbocycles. The normalized spacial score (nSPS) is 19.1. The minimum absolute atomic E-state index is 0.400. The predicted molar refractivity (Wildman–Crippen MR) is 236 cm³/mol. The van der Waals surface area contributed by atoms with Crippen molar-refractivity contribution in [3.05, 3.63) is 210 Å². The molecule has 268 valence electrons. The van der Waals surface area contributed by atoms with Crippen LogP contribution in [0.1, 0.15) is 54.4 Å². The molecular weight excluding hydrogens is 681 g/mol. The van der Waals surface area contributed by atoms with Gasteiger partial charge in [0.2, 0.25) is 0 Å². The summed E-state index contributed by atoms with van der Waals surface area (Å²) in [5.41, 5.74) is 14.1. The molecule has 0 spiro atoms. The van der Waals surface area contributed by atoms with Crippen LogP contribution >= 0.6 is 0 Å². The summed E-state index contributed by atoms with van der Waals surface area (Å²) in [7, 11) is 0. The van der Waals surface area contributed by atoms with E-state index in [-0.39, 0.29) is 0 Å². The molecule has 1 atom stereocenters. The number of hydrogen-bond donors (Lipinski definition) is 0. The Morgan fingerprint density at radius 1 is 0.536 bits per heavy atom. The molecule has 3 nitrogen and oxygen atoms in total. The molecule has 10 rings (SSSR count). The van der Waals surface area contributed by atoms with Gasteiger partial charge in [-0.05, 0) is 94.1 Å². The van der Waals surface area contributed by atoms with E-state index in [9.17, 15) is 0 Å². The van der Waals surface area contributed by atoms with Gasteiger partial charge in [0, 0.05) is 27.8 Å². The molecule has 0 saturated heterocycles. The number of hydrogen-bond acceptors (Lipinski definition) is 3. The summed E-state index contributed by atoms with van der Waals surface area (Å²) >= 11 is 0. The number of furan rings is 1. The van der Waals surface area contributed by atoms with E-state index in [0.717, 1.165) is 74.9 Å². The Morgan fingerprint density at radius 2 is 1.25 bits per heavy atom. The maximum atomic E-state index is 6.56. The van der Waals surface area contributed by atoms with Gasteiger partial charge in [0.05, 0.1) is 11.4 Å². The Bertz CT molecular complexity index is 2920. The van der Waals surface area contributed by atoms with E-state index in [1.165, 1.54) is 38.6 Å². The highest BCUT2D eigenvalue weighted by molar-refractivity contribution is 6.23. The van der Waals surface area contributed by atoms with Gasteiger partial charge in [0.25, 0.3) is 0 Å².